The van der Waals surface area contributed by atoms with Crippen LogP contribution in [0.3, 0.4) is 0 Å². The molecule has 0 aliphatic heterocycles. The number of alkyl carbamates (subject to hydrolysis) is 2. The van der Waals surface area contributed by atoms with Crippen LogP contribution in [0.2, 0.25) is 0 Å². The van der Waals surface area contributed by atoms with Crippen LogP contribution in [0.4, 0.5) is 9.59 Å². The van der Waals surface area contributed by atoms with E-state index in [0.29, 0.717) is 19.5 Å². The lowest BCUT2D eigenvalue weighted by Crippen LogP contribution is -2.37. The number of carbonyl (C=O) groups is 2. The van der Waals surface area contributed by atoms with Gasteiger partial charge >= 0.3 is 12.2 Å². The predicted molar refractivity (Wildman–Crippen MR) is 95.1 cm³/mol. The van der Waals surface area contributed by atoms with Gasteiger partial charge in [0.1, 0.15) is 12.2 Å². The van der Waals surface area contributed by atoms with Crippen molar-refractivity contribution in [3.8, 4) is 0 Å². The molecule has 8 nitrogen and oxygen atoms in total. The molecule has 4 N–H and O–H groups in total. The van der Waals surface area contributed by atoms with Crippen LogP contribution in [-0.2, 0) is 16.1 Å². The normalized spacial score (nSPS) is 11.6. The summed E-state index contributed by atoms with van der Waals surface area (Å²) in [5.74, 6) is -0.0321. The monoisotopic (exact) mass is 350 g/mol. The lowest BCUT2D eigenvalue weighted by molar-refractivity contribution is 0.0527. The van der Waals surface area contributed by atoms with Crippen molar-refractivity contribution in [1.29, 1.82) is 0 Å². The van der Waals surface area contributed by atoms with Crippen LogP contribution in [-0.4, -0.2) is 36.8 Å². The molecule has 0 saturated heterocycles. The number of amides is 2. The Morgan fingerprint density at radius 3 is 2.48 bits per heavy atom. The van der Waals surface area contributed by atoms with Crippen molar-refractivity contribution in [2.75, 3.05) is 13.1 Å². The van der Waals surface area contributed by atoms with E-state index in [1.165, 1.54) is 0 Å². The second-order valence-corrected chi connectivity index (χ2v) is 6.24. The van der Waals surface area contributed by atoms with E-state index in [1.54, 1.807) is 20.8 Å². The highest BCUT2D eigenvalue weighted by molar-refractivity contribution is 5.92. The maximum atomic E-state index is 11.6. The number of nitrogens with two attached hydrogens (primary N) is 1. The van der Waals surface area contributed by atoms with Gasteiger partial charge in [-0.05, 0) is 32.8 Å². The fourth-order valence-corrected chi connectivity index (χ4v) is 1.69. The molecule has 0 aliphatic carbocycles. The molecule has 25 heavy (non-hydrogen) atoms. The number of carbonyl (C=O) groups excluding carboxylic acids is 2. The molecular weight excluding hydrogens is 324 g/mol. The Kier molecular flexibility index (Phi) is 8.25. The molecule has 0 aromatic heterocycles. The fraction of sp³-hybridized carbons (Fsp3) is 0.471. The van der Waals surface area contributed by atoms with Crippen molar-refractivity contribution < 1.29 is 19.1 Å². The number of hydrogen-bond acceptors (Lipinski definition) is 5. The van der Waals surface area contributed by atoms with Crippen LogP contribution in [0, 0.1) is 0 Å². The SMILES string of the molecule is CC(C)(C)OC(=O)NCCCN=C(N)NC(=O)OCc1ccccc1. The third kappa shape index (κ3) is 10.6. The van der Waals surface area contributed by atoms with Crippen molar-refractivity contribution in [3.05, 3.63) is 35.9 Å². The summed E-state index contributed by atoms with van der Waals surface area (Å²) < 4.78 is 10.1. The molecule has 0 heterocycles. The third-order valence-electron chi connectivity index (χ3n) is 2.73. The summed E-state index contributed by atoms with van der Waals surface area (Å²) in [5.41, 5.74) is 5.94. The average Bonchev–Trinajstić information content (AvgIpc) is 2.52. The molecule has 0 saturated carbocycles. The molecule has 0 radical (unpaired) electrons. The first-order valence-electron chi connectivity index (χ1n) is 8.01. The average molecular weight is 350 g/mol. The summed E-state index contributed by atoms with van der Waals surface area (Å²) in [6.45, 7) is 6.27. The molecule has 0 atom stereocenters. The third-order valence-corrected chi connectivity index (χ3v) is 2.73. The van der Waals surface area contributed by atoms with Gasteiger partial charge in [0.2, 0.25) is 0 Å². The number of rotatable bonds is 6. The summed E-state index contributed by atoms with van der Waals surface area (Å²) in [6.07, 6.45) is -0.593. The van der Waals surface area contributed by atoms with Crippen molar-refractivity contribution >= 4 is 18.1 Å². The quantitative estimate of drug-likeness (QED) is 0.413. The molecule has 2 amide bonds. The van der Waals surface area contributed by atoms with Crippen LogP contribution in [0.25, 0.3) is 0 Å². The van der Waals surface area contributed by atoms with Crippen molar-refractivity contribution in [2.24, 2.45) is 10.7 Å². The van der Waals surface area contributed by atoms with Gasteiger partial charge in [-0.1, -0.05) is 30.3 Å². The molecule has 138 valence electrons. The fourth-order valence-electron chi connectivity index (χ4n) is 1.69. The van der Waals surface area contributed by atoms with Crippen LogP contribution in [0.1, 0.15) is 32.8 Å². The van der Waals surface area contributed by atoms with Gasteiger partial charge in [0, 0.05) is 13.1 Å². The van der Waals surface area contributed by atoms with Gasteiger partial charge in [-0.3, -0.25) is 10.3 Å². The lowest BCUT2D eigenvalue weighted by atomic mass is 10.2. The highest BCUT2D eigenvalue weighted by Gasteiger charge is 2.15. The molecule has 8 heteroatoms. The first-order valence-corrected chi connectivity index (χ1v) is 8.01. The Bertz CT molecular complexity index is 582. The number of nitrogens with one attached hydrogen (secondary N) is 2. The van der Waals surface area contributed by atoms with Crippen molar-refractivity contribution in [3.63, 3.8) is 0 Å². The predicted octanol–water partition coefficient (Wildman–Crippen LogP) is 2.14. The zero-order valence-corrected chi connectivity index (χ0v) is 14.9. The molecule has 1 rings (SSSR count). The number of benzene rings is 1. The molecule has 0 fully saturated rings. The maximum absolute atomic E-state index is 11.6. The van der Waals surface area contributed by atoms with Crippen LogP contribution in [0.15, 0.2) is 35.3 Å². The molecule has 0 aliphatic rings. The minimum absolute atomic E-state index is 0.0321. The largest absolute Gasteiger partial charge is 0.444 e. The topological polar surface area (TPSA) is 115 Å². The van der Waals surface area contributed by atoms with E-state index >= 15 is 0 Å². The van der Waals surface area contributed by atoms with Crippen molar-refractivity contribution in [2.45, 2.75) is 39.4 Å². The van der Waals surface area contributed by atoms with Crippen molar-refractivity contribution in [1.82, 2.24) is 10.6 Å². The lowest BCUT2D eigenvalue weighted by Gasteiger charge is -2.19. The van der Waals surface area contributed by atoms with Crippen LogP contribution < -0.4 is 16.4 Å². The van der Waals surface area contributed by atoms with Gasteiger partial charge < -0.3 is 20.5 Å². The number of aliphatic imine (C=N–C) groups is 1. The van der Waals surface area contributed by atoms with Gasteiger partial charge in [-0.2, -0.15) is 0 Å². The minimum atomic E-state index is -0.669. The molecule has 0 unspecified atom stereocenters. The summed E-state index contributed by atoms with van der Waals surface area (Å²) in [5, 5.41) is 4.94. The zero-order chi connectivity index (χ0) is 18.7. The first-order chi connectivity index (χ1) is 11.8. The summed E-state index contributed by atoms with van der Waals surface area (Å²) in [4.78, 5) is 27.0. The zero-order valence-electron chi connectivity index (χ0n) is 14.9. The molecule has 1 aromatic carbocycles. The van der Waals surface area contributed by atoms with Crippen LogP contribution >= 0.6 is 0 Å². The highest BCUT2D eigenvalue weighted by Crippen LogP contribution is 2.06. The van der Waals surface area contributed by atoms with E-state index in [1.807, 2.05) is 30.3 Å². The van der Waals surface area contributed by atoms with Gasteiger partial charge in [0.15, 0.2) is 5.96 Å². The second kappa shape index (κ2) is 10.2. The van der Waals surface area contributed by atoms with Crippen LogP contribution in [0.5, 0.6) is 0 Å². The highest BCUT2D eigenvalue weighted by atomic mass is 16.6. The molecular formula is C17H26N4O4. The van der Waals surface area contributed by atoms with E-state index in [9.17, 15) is 9.59 Å². The van der Waals surface area contributed by atoms with E-state index in [0.717, 1.165) is 5.56 Å². The number of ether oxygens (including phenoxy) is 2. The Morgan fingerprint density at radius 2 is 1.84 bits per heavy atom. The van der Waals surface area contributed by atoms with Gasteiger partial charge in [-0.15, -0.1) is 0 Å². The molecule has 0 spiro atoms. The Labute approximate surface area is 147 Å². The standard InChI is InChI=1S/C17H26N4O4/c1-17(2,3)25-15(22)20-11-7-10-19-14(18)21-16(23)24-12-13-8-5-4-6-9-13/h4-6,8-9H,7,10-12H2,1-3H3,(H,20,22)(H3,18,19,21,23). The molecule has 1 aromatic rings. The minimum Gasteiger partial charge on any atom is -0.444 e. The van der Waals surface area contributed by atoms with E-state index in [-0.39, 0.29) is 12.6 Å². The Balaban J connectivity index is 2.16. The smallest absolute Gasteiger partial charge is 0.414 e. The molecule has 0 bridgehead atoms. The van der Waals surface area contributed by atoms with E-state index in [4.69, 9.17) is 15.2 Å². The van der Waals surface area contributed by atoms with E-state index < -0.39 is 17.8 Å². The first kappa shape index (κ1) is 20.3. The van der Waals surface area contributed by atoms with E-state index in [2.05, 4.69) is 15.6 Å². The Hall–Kier alpha value is -2.77. The van der Waals surface area contributed by atoms with Gasteiger partial charge in [-0.25, -0.2) is 9.59 Å². The number of nitrogens with zero attached hydrogens (tertiary/aromatic N) is 1. The summed E-state index contributed by atoms with van der Waals surface area (Å²) in [7, 11) is 0. The number of hydrogen-bond donors (Lipinski definition) is 3. The maximum Gasteiger partial charge on any atom is 0.414 e. The van der Waals surface area contributed by atoms with Gasteiger partial charge in [0.25, 0.3) is 0 Å². The second-order valence-electron chi connectivity index (χ2n) is 6.24. The summed E-state index contributed by atoms with van der Waals surface area (Å²) >= 11 is 0. The number of guanidine groups is 1. The Morgan fingerprint density at radius 1 is 1.16 bits per heavy atom. The summed E-state index contributed by atoms with van der Waals surface area (Å²) in [6, 6.07) is 9.30. The van der Waals surface area contributed by atoms with Gasteiger partial charge in [0.05, 0.1) is 0 Å².